The number of imidazole rings is 1. The highest BCUT2D eigenvalue weighted by atomic mass is 16.5. The van der Waals surface area contributed by atoms with Gasteiger partial charge in [-0.05, 0) is 38.5 Å². The fourth-order valence-electron chi connectivity index (χ4n) is 3.78. The number of para-hydroxylation sites is 2. The second kappa shape index (κ2) is 6.86. The van der Waals surface area contributed by atoms with Crippen molar-refractivity contribution in [3.8, 4) is 11.5 Å². The number of benzene rings is 2. The van der Waals surface area contributed by atoms with Crippen molar-refractivity contribution in [2.24, 2.45) is 7.05 Å². The second-order valence-corrected chi connectivity index (χ2v) is 7.92. The lowest BCUT2D eigenvalue weighted by atomic mass is 10.0. The molecule has 1 aliphatic heterocycles. The summed E-state index contributed by atoms with van der Waals surface area (Å²) in [5.41, 5.74) is 2.91. The number of fused-ring (bicyclic) bond motifs is 2. The van der Waals surface area contributed by atoms with E-state index in [0.29, 0.717) is 12.3 Å². The molecule has 2 N–H and O–H groups in total. The Hall–Kier alpha value is -3.02. The van der Waals surface area contributed by atoms with E-state index in [2.05, 4.69) is 14.9 Å². The molecular weight excluding hydrogens is 354 g/mol. The highest BCUT2D eigenvalue weighted by Crippen LogP contribution is 2.43. The number of phenolic OH excluding ortho intramolecular Hbond substituents is 1. The molecule has 3 aromatic rings. The first-order chi connectivity index (χ1) is 13.4. The van der Waals surface area contributed by atoms with Crippen LogP contribution >= 0.6 is 0 Å². The van der Waals surface area contributed by atoms with Crippen molar-refractivity contribution in [1.82, 2.24) is 14.9 Å². The van der Waals surface area contributed by atoms with E-state index >= 15 is 0 Å². The average Bonchev–Trinajstić information content (AvgIpc) is 3.15. The monoisotopic (exact) mass is 379 g/mol. The quantitative estimate of drug-likeness (QED) is 0.667. The number of carbonyl (C=O) groups excluding carboxylic acids is 1. The summed E-state index contributed by atoms with van der Waals surface area (Å²) >= 11 is 0. The van der Waals surface area contributed by atoms with Crippen LogP contribution in [-0.2, 0) is 19.9 Å². The molecule has 0 bridgehead atoms. The molecule has 2 aromatic carbocycles. The summed E-state index contributed by atoms with van der Waals surface area (Å²) in [5, 5.41) is 13.3. The zero-order valence-electron chi connectivity index (χ0n) is 16.5. The van der Waals surface area contributed by atoms with Gasteiger partial charge in [-0.1, -0.05) is 18.2 Å². The minimum absolute atomic E-state index is 0.0732. The number of ether oxygens (including phenoxy) is 1. The first-order valence-corrected chi connectivity index (χ1v) is 9.58. The minimum atomic E-state index is -0.361. The van der Waals surface area contributed by atoms with Crippen LogP contribution in [0.4, 0.5) is 0 Å². The third kappa shape index (κ3) is 3.30. The molecular formula is C22H25N3O3. The summed E-state index contributed by atoms with van der Waals surface area (Å²) < 4.78 is 7.89. The van der Waals surface area contributed by atoms with Crippen LogP contribution in [0.3, 0.4) is 0 Å². The Labute approximate surface area is 164 Å². The van der Waals surface area contributed by atoms with Gasteiger partial charge in [0.25, 0.3) is 5.91 Å². The zero-order chi connectivity index (χ0) is 19.9. The minimum Gasteiger partial charge on any atom is -0.504 e. The van der Waals surface area contributed by atoms with Crippen molar-refractivity contribution in [2.75, 3.05) is 6.54 Å². The molecule has 28 heavy (non-hydrogen) atoms. The van der Waals surface area contributed by atoms with Crippen molar-refractivity contribution in [1.29, 1.82) is 0 Å². The Morgan fingerprint density at radius 2 is 2.07 bits per heavy atom. The van der Waals surface area contributed by atoms with Gasteiger partial charge in [-0.15, -0.1) is 0 Å². The molecule has 6 nitrogen and oxygen atoms in total. The number of hydrogen-bond acceptors (Lipinski definition) is 4. The topological polar surface area (TPSA) is 76.4 Å². The predicted octanol–water partition coefficient (Wildman–Crippen LogP) is 3.36. The summed E-state index contributed by atoms with van der Waals surface area (Å²) in [6.07, 6.45) is 2.24. The first kappa shape index (κ1) is 18.3. The van der Waals surface area contributed by atoms with Gasteiger partial charge >= 0.3 is 0 Å². The van der Waals surface area contributed by atoms with Crippen molar-refractivity contribution in [2.45, 2.75) is 38.7 Å². The highest BCUT2D eigenvalue weighted by molar-refractivity contribution is 5.98. The molecule has 4 rings (SSSR count). The van der Waals surface area contributed by atoms with E-state index < -0.39 is 0 Å². The van der Waals surface area contributed by atoms with E-state index in [9.17, 15) is 9.90 Å². The number of nitrogens with one attached hydrogen (secondary N) is 1. The number of hydrogen-bond donors (Lipinski definition) is 2. The van der Waals surface area contributed by atoms with Crippen LogP contribution in [0.15, 0.2) is 36.4 Å². The number of phenols is 1. The number of nitrogens with zero attached hydrogens (tertiary/aromatic N) is 2. The van der Waals surface area contributed by atoms with Crippen LogP contribution in [0.25, 0.3) is 11.0 Å². The molecule has 1 aromatic heterocycles. The first-order valence-electron chi connectivity index (χ1n) is 9.58. The molecule has 0 fully saturated rings. The molecule has 0 radical (unpaired) electrons. The fourth-order valence-corrected chi connectivity index (χ4v) is 3.78. The third-order valence-corrected chi connectivity index (χ3v) is 5.19. The Balaban J connectivity index is 1.37. The van der Waals surface area contributed by atoms with Crippen LogP contribution < -0.4 is 10.1 Å². The SMILES string of the molecule is Cn1c(CCCNC(=O)c2ccc3c(c2O)OC(C)(C)C3)nc2ccccc21. The van der Waals surface area contributed by atoms with E-state index in [0.717, 1.165) is 41.7 Å². The largest absolute Gasteiger partial charge is 0.504 e. The number of aromatic nitrogens is 2. The van der Waals surface area contributed by atoms with Crippen LogP contribution in [0, 0.1) is 0 Å². The van der Waals surface area contributed by atoms with Crippen LogP contribution in [0.5, 0.6) is 11.5 Å². The van der Waals surface area contributed by atoms with Gasteiger partial charge < -0.3 is 19.7 Å². The lowest BCUT2D eigenvalue weighted by Crippen LogP contribution is -2.25. The zero-order valence-corrected chi connectivity index (χ0v) is 16.5. The fraction of sp³-hybridized carbons (Fsp3) is 0.364. The van der Waals surface area contributed by atoms with Crippen LogP contribution in [0.2, 0.25) is 0 Å². The number of aryl methyl sites for hydroxylation is 2. The maximum atomic E-state index is 12.5. The maximum Gasteiger partial charge on any atom is 0.255 e. The number of carbonyl (C=O) groups is 1. The normalized spacial score (nSPS) is 14.7. The molecule has 6 heteroatoms. The molecule has 146 valence electrons. The van der Waals surface area contributed by atoms with E-state index in [1.807, 2.05) is 51.2 Å². The Morgan fingerprint density at radius 1 is 1.29 bits per heavy atom. The van der Waals surface area contributed by atoms with Crippen molar-refractivity contribution >= 4 is 16.9 Å². The summed E-state index contributed by atoms with van der Waals surface area (Å²) in [4.78, 5) is 17.1. The number of aromatic hydroxyl groups is 1. The van der Waals surface area contributed by atoms with E-state index in [1.54, 1.807) is 6.07 Å². The average molecular weight is 379 g/mol. The molecule has 0 unspecified atom stereocenters. The molecule has 0 spiro atoms. The molecule has 0 atom stereocenters. The van der Waals surface area contributed by atoms with Gasteiger partial charge in [0, 0.05) is 32.0 Å². The Morgan fingerprint density at radius 3 is 2.86 bits per heavy atom. The molecule has 1 amide bonds. The van der Waals surface area contributed by atoms with Gasteiger partial charge in [0.15, 0.2) is 11.5 Å². The predicted molar refractivity (Wildman–Crippen MR) is 108 cm³/mol. The van der Waals surface area contributed by atoms with Gasteiger partial charge in [0.2, 0.25) is 0 Å². The van der Waals surface area contributed by atoms with E-state index in [4.69, 9.17) is 4.74 Å². The van der Waals surface area contributed by atoms with Crippen molar-refractivity contribution < 1.29 is 14.6 Å². The molecule has 1 aliphatic rings. The molecule has 0 saturated carbocycles. The Kier molecular flexibility index (Phi) is 4.49. The lowest BCUT2D eigenvalue weighted by molar-refractivity contribution is 0.0947. The summed E-state index contributed by atoms with van der Waals surface area (Å²) in [6.45, 7) is 4.44. The number of amides is 1. The maximum absolute atomic E-state index is 12.5. The summed E-state index contributed by atoms with van der Waals surface area (Å²) in [7, 11) is 2.01. The molecule has 0 saturated heterocycles. The van der Waals surface area contributed by atoms with Crippen molar-refractivity contribution in [3.63, 3.8) is 0 Å². The highest BCUT2D eigenvalue weighted by Gasteiger charge is 2.33. The summed E-state index contributed by atoms with van der Waals surface area (Å²) in [6, 6.07) is 11.6. The van der Waals surface area contributed by atoms with E-state index in [1.165, 1.54) is 0 Å². The van der Waals surface area contributed by atoms with Gasteiger partial charge in [0.05, 0.1) is 16.6 Å². The van der Waals surface area contributed by atoms with Gasteiger partial charge in [-0.25, -0.2) is 4.98 Å². The van der Waals surface area contributed by atoms with Gasteiger partial charge in [-0.3, -0.25) is 4.79 Å². The van der Waals surface area contributed by atoms with Crippen LogP contribution in [-0.4, -0.2) is 32.7 Å². The van der Waals surface area contributed by atoms with Crippen molar-refractivity contribution in [3.05, 3.63) is 53.3 Å². The Bertz CT molecular complexity index is 1050. The smallest absolute Gasteiger partial charge is 0.255 e. The van der Waals surface area contributed by atoms with E-state index in [-0.39, 0.29) is 22.8 Å². The molecule has 0 aliphatic carbocycles. The summed E-state index contributed by atoms with van der Waals surface area (Å²) in [5.74, 6) is 1.05. The van der Waals surface area contributed by atoms with Gasteiger partial charge in [-0.2, -0.15) is 0 Å². The third-order valence-electron chi connectivity index (χ3n) is 5.19. The van der Waals surface area contributed by atoms with Gasteiger partial charge in [0.1, 0.15) is 11.4 Å². The molecule has 2 heterocycles. The number of rotatable bonds is 5. The lowest BCUT2D eigenvalue weighted by Gasteiger charge is -2.17. The standard InChI is InChI=1S/C22H25N3O3/c1-22(2)13-14-10-11-15(19(26)20(14)28-22)21(27)23-12-6-9-18-24-16-7-4-5-8-17(16)25(18)3/h4-5,7-8,10-11,26H,6,9,12-13H2,1-3H3,(H,23,27). The second-order valence-electron chi connectivity index (χ2n) is 7.92. The van der Waals surface area contributed by atoms with Crippen LogP contribution in [0.1, 0.15) is 42.0 Å².